The van der Waals surface area contributed by atoms with Gasteiger partial charge in [-0.25, -0.2) is 9.78 Å². The number of esters is 1. The number of allylic oxidation sites excluding steroid dienone is 2. The number of phenolic OH excluding ortho intramolecular Hbond substituents is 1. The van der Waals surface area contributed by atoms with E-state index in [1.165, 1.54) is 25.1 Å². The summed E-state index contributed by atoms with van der Waals surface area (Å²) in [6.07, 6.45) is 3.15. The number of hydrogen-bond acceptors (Lipinski definition) is 15. The Labute approximate surface area is 441 Å². The number of anilines is 1. The fraction of sp³-hybridized carbons (Fsp3) is 0.636. The molecule has 18 nitrogen and oxygen atoms in total. The normalized spacial score (nSPS) is 15.5. The maximum Gasteiger partial charge on any atom is 0.407 e. The Hall–Kier alpha value is -5.82. The number of benzene rings is 1. The van der Waals surface area contributed by atoms with Gasteiger partial charge < -0.3 is 35.4 Å². The van der Waals surface area contributed by atoms with Gasteiger partial charge in [-0.05, 0) is 123 Å². The number of carbonyl (C=O) groups excluding carboxylic acids is 9. The third kappa shape index (κ3) is 19.1. The minimum atomic E-state index is -0.938. The summed E-state index contributed by atoms with van der Waals surface area (Å²) in [6.45, 7) is 20.0. The van der Waals surface area contributed by atoms with Gasteiger partial charge in [-0.2, -0.15) is 0 Å². The van der Waals surface area contributed by atoms with Crippen molar-refractivity contribution in [1.82, 2.24) is 25.4 Å². The number of rotatable bonds is 29. The summed E-state index contributed by atoms with van der Waals surface area (Å²) >= 11 is 1.12. The van der Waals surface area contributed by atoms with E-state index in [0.717, 1.165) is 11.3 Å². The van der Waals surface area contributed by atoms with Crippen LogP contribution in [0, 0.1) is 29.6 Å². The number of carbonyl (C=O) groups is 9. The number of likely N-dealkylation sites (N-methyl/N-ethyl adjacent to an activating group) is 1. The van der Waals surface area contributed by atoms with E-state index in [4.69, 9.17) is 9.47 Å². The zero-order valence-corrected chi connectivity index (χ0v) is 46.9. The lowest BCUT2D eigenvalue weighted by atomic mass is 9.81. The molecule has 4 N–H and O–H groups in total. The maximum absolute atomic E-state index is 14.4. The first-order valence-corrected chi connectivity index (χ1v) is 26.6. The maximum atomic E-state index is 14.4. The molecule has 0 radical (unpaired) electrons. The molecule has 3 rings (SSSR count). The van der Waals surface area contributed by atoms with Crippen LogP contribution in [0.25, 0.3) is 0 Å². The Morgan fingerprint density at radius 2 is 1.55 bits per heavy atom. The van der Waals surface area contributed by atoms with E-state index in [0.29, 0.717) is 23.4 Å². The quantitative estimate of drug-likeness (QED) is 0.0261. The second-order valence-corrected chi connectivity index (χ2v) is 22.6. The molecule has 0 spiro atoms. The first-order valence-electron chi connectivity index (χ1n) is 25.7. The topological polar surface area (TPSA) is 248 Å². The molecule has 4 amide bonds. The molecule has 0 aliphatic heterocycles. The summed E-state index contributed by atoms with van der Waals surface area (Å²) in [7, 11) is 5.37. The Morgan fingerprint density at radius 3 is 2.14 bits per heavy atom. The van der Waals surface area contributed by atoms with E-state index in [2.05, 4.69) is 20.9 Å². The molecule has 1 aliphatic rings. The van der Waals surface area contributed by atoms with Gasteiger partial charge in [0.15, 0.2) is 23.5 Å². The number of phenols is 1. The van der Waals surface area contributed by atoms with Gasteiger partial charge in [0, 0.05) is 75.5 Å². The van der Waals surface area contributed by atoms with Crippen LogP contribution in [0.2, 0.25) is 0 Å². The van der Waals surface area contributed by atoms with Gasteiger partial charge in [-0.15, -0.1) is 11.3 Å². The van der Waals surface area contributed by atoms with Crippen molar-refractivity contribution in [2.45, 2.75) is 170 Å². The van der Waals surface area contributed by atoms with Crippen LogP contribution in [-0.2, 0) is 49.5 Å². The van der Waals surface area contributed by atoms with E-state index < -0.39 is 71.0 Å². The van der Waals surface area contributed by atoms with Crippen LogP contribution in [0.15, 0.2) is 35.7 Å². The monoisotopic (exact) mass is 1050 g/mol. The highest BCUT2D eigenvalue weighted by molar-refractivity contribution is 7.09. The van der Waals surface area contributed by atoms with Gasteiger partial charge in [0.2, 0.25) is 11.8 Å². The second kappa shape index (κ2) is 28.2. The summed E-state index contributed by atoms with van der Waals surface area (Å²) in [6, 6.07) is 3.47. The average molecular weight is 1050 g/mol. The number of nitrogens with zero attached hydrogens (tertiary/aromatic N) is 3. The first kappa shape index (κ1) is 62.5. The summed E-state index contributed by atoms with van der Waals surface area (Å²) in [5.41, 5.74) is -0.724. The van der Waals surface area contributed by atoms with E-state index in [9.17, 15) is 48.3 Å². The Bertz CT molecular complexity index is 2330. The molecule has 0 saturated heterocycles. The molecule has 74 heavy (non-hydrogen) atoms. The highest BCUT2D eigenvalue weighted by atomic mass is 32.1. The molecule has 0 saturated carbocycles. The van der Waals surface area contributed by atoms with E-state index in [-0.39, 0.29) is 116 Å². The van der Waals surface area contributed by atoms with Gasteiger partial charge >= 0.3 is 12.1 Å². The number of Topliss-reactive ketones (excluding diaryl/α,β-unsaturated/α-hetero) is 2. The van der Waals surface area contributed by atoms with Crippen LogP contribution >= 0.6 is 11.3 Å². The van der Waals surface area contributed by atoms with Gasteiger partial charge in [-0.1, -0.05) is 47.1 Å². The van der Waals surface area contributed by atoms with Crippen molar-refractivity contribution in [2.75, 3.05) is 33.0 Å². The predicted molar refractivity (Wildman–Crippen MR) is 283 cm³/mol. The molecule has 6 atom stereocenters. The standard InChI is InChI=1S/C55H82N6O12S/c1-15-33(4)39(29-48(67)55(10,11)60(12)13)52(70)61(14)42(32(2)3)30-47(72-35(6)62)51-59-41(31-74-51)50(69)57-37(26-34(5)43(63)19-17-25-56-53(71)73-54(7,8)9)27-36-21-22-46(66)40(28-36)58-49(68)20-16-18-38-44(64)23-24-45(38)65/h21-24,28,31-34,37-39,42,47,66H,15-20,25-27,29-30H2,1-14H3,(H,56,71)(H,57,69)(H,58,68)/t33-,34?,37+,39-,42+,47+/m0/s1. The number of amides is 4. The summed E-state index contributed by atoms with van der Waals surface area (Å²) in [4.78, 5) is 126. The van der Waals surface area contributed by atoms with E-state index in [1.54, 1.807) is 57.2 Å². The first-order chi connectivity index (χ1) is 34.4. The number of nitrogens with one attached hydrogen (secondary N) is 3. The smallest absolute Gasteiger partial charge is 0.407 e. The van der Waals surface area contributed by atoms with Crippen molar-refractivity contribution >= 4 is 69.9 Å². The number of aromatic hydroxyl groups is 1. The molecular formula is C55H82N6O12S. The lowest BCUT2D eigenvalue weighted by Gasteiger charge is -2.38. The number of ketones is 4. The number of ether oxygens (including phenoxy) is 2. The van der Waals surface area contributed by atoms with E-state index >= 15 is 0 Å². The summed E-state index contributed by atoms with van der Waals surface area (Å²) < 4.78 is 11.1. The van der Waals surface area contributed by atoms with Crippen molar-refractivity contribution in [3.05, 3.63) is 52.0 Å². The van der Waals surface area contributed by atoms with Crippen LogP contribution in [0.4, 0.5) is 10.5 Å². The Morgan fingerprint density at radius 1 is 0.905 bits per heavy atom. The molecule has 2 aromatic rings. The van der Waals surface area contributed by atoms with Crippen molar-refractivity contribution in [3.8, 4) is 5.75 Å². The van der Waals surface area contributed by atoms with Crippen molar-refractivity contribution in [2.24, 2.45) is 29.6 Å². The Balaban J connectivity index is 1.87. The van der Waals surface area contributed by atoms with Crippen LogP contribution < -0.4 is 16.0 Å². The number of hydrogen-bond donors (Lipinski definition) is 4. The van der Waals surface area contributed by atoms with Crippen LogP contribution in [0.5, 0.6) is 5.75 Å². The summed E-state index contributed by atoms with van der Waals surface area (Å²) in [5.74, 6) is -4.87. The zero-order chi connectivity index (χ0) is 55.8. The third-order valence-corrected chi connectivity index (χ3v) is 14.8. The molecule has 0 fully saturated rings. The largest absolute Gasteiger partial charge is 0.506 e. The number of aromatic nitrogens is 1. The third-order valence-electron chi connectivity index (χ3n) is 13.9. The zero-order valence-electron chi connectivity index (χ0n) is 46.0. The van der Waals surface area contributed by atoms with Gasteiger partial charge in [0.05, 0.1) is 17.1 Å². The molecule has 1 aliphatic carbocycles. The lowest BCUT2D eigenvalue weighted by molar-refractivity contribution is -0.150. The van der Waals surface area contributed by atoms with Crippen LogP contribution in [-0.4, -0.2) is 124 Å². The van der Waals surface area contributed by atoms with E-state index in [1.807, 2.05) is 60.5 Å². The molecular weight excluding hydrogens is 969 g/mol. The van der Waals surface area contributed by atoms with Crippen LogP contribution in [0.3, 0.4) is 0 Å². The van der Waals surface area contributed by atoms with Crippen molar-refractivity contribution in [1.29, 1.82) is 0 Å². The van der Waals surface area contributed by atoms with Crippen molar-refractivity contribution < 1.29 is 57.7 Å². The van der Waals surface area contributed by atoms with Crippen LogP contribution in [0.1, 0.15) is 161 Å². The fourth-order valence-electron chi connectivity index (χ4n) is 8.60. The van der Waals surface area contributed by atoms with Gasteiger partial charge in [0.1, 0.15) is 27.8 Å². The lowest BCUT2D eigenvalue weighted by Crippen LogP contribution is -2.50. The molecule has 1 heterocycles. The van der Waals surface area contributed by atoms with Gasteiger partial charge in [0.25, 0.3) is 5.91 Å². The SMILES string of the molecule is CC[C@H](C)[C@H](CC(=O)C(C)(C)N(C)C)C(=O)N(C)[C@H](C[C@@H](OC(C)=O)c1nc(C(=O)N[C@@H](Cc2ccc(O)c(NC(=O)CCCC3C(=O)C=CC3=O)c2)CC(C)C(=O)CCCNC(=O)OC(C)(C)C)cs1)C(C)C. The highest BCUT2D eigenvalue weighted by Crippen LogP contribution is 2.34. The molecule has 1 unspecified atom stereocenters. The van der Waals surface area contributed by atoms with Crippen molar-refractivity contribution in [3.63, 3.8) is 0 Å². The Kier molecular flexibility index (Phi) is 23.8. The minimum Gasteiger partial charge on any atom is -0.506 e. The average Bonchev–Trinajstić information content (AvgIpc) is 3.93. The molecule has 1 aromatic carbocycles. The second-order valence-electron chi connectivity index (χ2n) is 21.7. The van der Waals surface area contributed by atoms with Gasteiger partial charge in [-0.3, -0.25) is 43.3 Å². The molecule has 0 bridgehead atoms. The minimum absolute atomic E-state index is 0.00992. The summed E-state index contributed by atoms with van der Waals surface area (Å²) in [5, 5.41) is 21.0. The predicted octanol–water partition coefficient (Wildman–Crippen LogP) is 7.96. The number of thiazole rings is 1. The fourth-order valence-corrected chi connectivity index (χ4v) is 9.44. The highest BCUT2D eigenvalue weighted by Gasteiger charge is 2.39. The molecule has 1 aromatic heterocycles. The molecule has 19 heteroatoms. The number of alkyl carbamates (subject to hydrolysis) is 1. The molecule has 410 valence electrons.